The number of nitrogens with one attached hydrogen (secondary N) is 1. The third-order valence-electron chi connectivity index (χ3n) is 3.16. The fraction of sp³-hybridized carbons (Fsp3) is 0.214. The summed E-state index contributed by atoms with van der Waals surface area (Å²) >= 11 is 0. The van der Waals surface area contributed by atoms with Crippen molar-refractivity contribution in [2.75, 3.05) is 7.11 Å². The number of carboxylic acid groups (broad SMARTS) is 1. The number of imide groups is 3. The van der Waals surface area contributed by atoms with Crippen molar-refractivity contribution in [1.82, 2.24) is 10.2 Å². The first-order valence-corrected chi connectivity index (χ1v) is 6.44. The first-order chi connectivity index (χ1) is 10.9. The number of aliphatic carboxylic acids is 1. The van der Waals surface area contributed by atoms with E-state index >= 15 is 0 Å². The number of carbonyl (C=O) groups is 5. The summed E-state index contributed by atoms with van der Waals surface area (Å²) in [6, 6.07) is 3.14. The van der Waals surface area contributed by atoms with Gasteiger partial charge < -0.3 is 15.2 Å². The van der Waals surface area contributed by atoms with Gasteiger partial charge in [-0.15, -0.1) is 0 Å². The number of amides is 4. The molecule has 0 aromatic heterocycles. The van der Waals surface area contributed by atoms with Crippen LogP contribution in [0.2, 0.25) is 0 Å². The van der Waals surface area contributed by atoms with Crippen molar-refractivity contribution in [3.05, 3.63) is 35.4 Å². The van der Waals surface area contributed by atoms with Crippen LogP contribution >= 0.6 is 0 Å². The molecule has 0 saturated heterocycles. The van der Waals surface area contributed by atoms with E-state index in [9.17, 15) is 24.0 Å². The van der Waals surface area contributed by atoms with Gasteiger partial charge >= 0.3 is 18.0 Å². The van der Waals surface area contributed by atoms with Gasteiger partial charge in [-0.1, -0.05) is 12.1 Å². The van der Waals surface area contributed by atoms with E-state index in [1.165, 1.54) is 24.3 Å². The molecule has 9 nitrogen and oxygen atoms in total. The average molecular weight is 320 g/mol. The summed E-state index contributed by atoms with van der Waals surface area (Å²) in [5.74, 6) is -4.05. The molecule has 1 heterocycles. The minimum atomic E-state index is -1.52. The number of esters is 1. The SMILES string of the molecule is COC(=O)[C@H](CC(=O)O)NC(=O)N1C(=O)c2ccccc2C1=O. The van der Waals surface area contributed by atoms with Crippen molar-refractivity contribution >= 4 is 29.8 Å². The lowest BCUT2D eigenvalue weighted by Crippen LogP contribution is -2.50. The Morgan fingerprint density at radius 2 is 1.70 bits per heavy atom. The molecule has 1 aliphatic heterocycles. The lowest BCUT2D eigenvalue weighted by Gasteiger charge is -2.18. The Kier molecular flexibility index (Phi) is 4.39. The van der Waals surface area contributed by atoms with Gasteiger partial charge in [0.05, 0.1) is 24.7 Å². The molecule has 1 aromatic carbocycles. The summed E-state index contributed by atoms with van der Waals surface area (Å²) in [4.78, 5) is 58.9. The monoisotopic (exact) mass is 320 g/mol. The molecule has 0 radical (unpaired) electrons. The number of fused-ring (bicyclic) bond motifs is 1. The highest BCUT2D eigenvalue weighted by atomic mass is 16.5. The van der Waals surface area contributed by atoms with E-state index in [2.05, 4.69) is 4.74 Å². The van der Waals surface area contributed by atoms with Crippen molar-refractivity contribution in [3.63, 3.8) is 0 Å². The fourth-order valence-corrected chi connectivity index (χ4v) is 2.10. The maximum absolute atomic E-state index is 12.1. The quantitative estimate of drug-likeness (QED) is 0.590. The summed E-state index contributed by atoms with van der Waals surface area (Å²) in [5.41, 5.74) is 0.112. The summed E-state index contributed by atoms with van der Waals surface area (Å²) in [5, 5.41) is 10.8. The van der Waals surface area contributed by atoms with Gasteiger partial charge in [-0.25, -0.2) is 9.59 Å². The number of rotatable bonds is 4. The number of benzene rings is 1. The number of methoxy groups -OCH3 is 1. The van der Waals surface area contributed by atoms with E-state index in [0.717, 1.165) is 7.11 Å². The highest BCUT2D eigenvalue weighted by Gasteiger charge is 2.41. The lowest BCUT2D eigenvalue weighted by molar-refractivity contribution is -0.147. The molecule has 0 spiro atoms. The molecule has 1 aromatic rings. The summed E-state index contributed by atoms with van der Waals surface area (Å²) in [6.45, 7) is 0. The second-order valence-electron chi connectivity index (χ2n) is 4.61. The Morgan fingerprint density at radius 1 is 1.17 bits per heavy atom. The molecule has 1 atom stereocenters. The van der Waals surface area contributed by atoms with Gasteiger partial charge in [0.2, 0.25) is 0 Å². The van der Waals surface area contributed by atoms with Gasteiger partial charge in [-0.2, -0.15) is 4.90 Å². The van der Waals surface area contributed by atoms with Crippen molar-refractivity contribution in [2.45, 2.75) is 12.5 Å². The zero-order valence-electron chi connectivity index (χ0n) is 11.9. The predicted octanol–water partition coefficient (Wildman–Crippen LogP) is 0.00850. The Bertz CT molecular complexity index is 678. The van der Waals surface area contributed by atoms with Gasteiger partial charge in [0, 0.05) is 0 Å². The van der Waals surface area contributed by atoms with Crippen LogP contribution in [0.25, 0.3) is 0 Å². The van der Waals surface area contributed by atoms with E-state index in [1.54, 1.807) is 0 Å². The lowest BCUT2D eigenvalue weighted by atomic mass is 10.1. The van der Waals surface area contributed by atoms with Gasteiger partial charge in [-0.3, -0.25) is 14.4 Å². The molecule has 9 heteroatoms. The third-order valence-corrected chi connectivity index (χ3v) is 3.16. The van der Waals surface area contributed by atoms with Crippen molar-refractivity contribution in [3.8, 4) is 0 Å². The van der Waals surface area contributed by atoms with Gasteiger partial charge in [-0.05, 0) is 12.1 Å². The molecule has 2 N–H and O–H groups in total. The molecule has 0 unspecified atom stereocenters. The first kappa shape index (κ1) is 16.1. The minimum absolute atomic E-state index is 0.0560. The molecule has 120 valence electrons. The Morgan fingerprint density at radius 3 is 2.13 bits per heavy atom. The molecular formula is C14H12N2O7. The van der Waals surface area contributed by atoms with Crippen LogP contribution in [0, 0.1) is 0 Å². The molecule has 0 saturated carbocycles. The summed E-state index contributed by atoms with van der Waals surface area (Å²) < 4.78 is 4.39. The second kappa shape index (κ2) is 6.26. The van der Waals surface area contributed by atoms with Crippen LogP contribution in [0.5, 0.6) is 0 Å². The molecule has 0 aliphatic carbocycles. The number of carboxylic acids is 1. The van der Waals surface area contributed by atoms with E-state index in [1.807, 2.05) is 5.32 Å². The molecule has 2 rings (SSSR count). The zero-order chi connectivity index (χ0) is 17.1. The first-order valence-electron chi connectivity index (χ1n) is 6.44. The van der Waals surface area contributed by atoms with Crippen LogP contribution in [-0.2, 0) is 14.3 Å². The standard InChI is InChI=1S/C14H12N2O7/c1-23-13(21)9(6-10(17)18)15-14(22)16-11(19)7-4-2-3-5-8(7)12(16)20/h2-5,9H,6H2,1H3,(H,15,22)(H,17,18)/t9-/m0/s1. The van der Waals surface area contributed by atoms with Crippen LogP contribution in [0.4, 0.5) is 4.79 Å². The topological polar surface area (TPSA) is 130 Å². The number of ether oxygens (including phenoxy) is 1. The van der Waals surface area contributed by atoms with E-state index < -0.39 is 42.2 Å². The molecule has 23 heavy (non-hydrogen) atoms. The Balaban J connectivity index is 2.21. The number of hydrogen-bond donors (Lipinski definition) is 2. The van der Waals surface area contributed by atoms with Crippen LogP contribution < -0.4 is 5.32 Å². The maximum atomic E-state index is 12.1. The Hall–Kier alpha value is -3.23. The van der Waals surface area contributed by atoms with Crippen LogP contribution in [0.15, 0.2) is 24.3 Å². The van der Waals surface area contributed by atoms with Crippen molar-refractivity contribution in [2.24, 2.45) is 0 Å². The van der Waals surface area contributed by atoms with Crippen molar-refractivity contribution in [1.29, 1.82) is 0 Å². The van der Waals surface area contributed by atoms with Crippen LogP contribution in [0.1, 0.15) is 27.1 Å². The number of hydrogen-bond acceptors (Lipinski definition) is 6. The number of urea groups is 1. The van der Waals surface area contributed by atoms with E-state index in [4.69, 9.17) is 5.11 Å². The molecule has 0 fully saturated rings. The van der Waals surface area contributed by atoms with E-state index in [0.29, 0.717) is 4.90 Å². The highest BCUT2D eigenvalue weighted by molar-refractivity contribution is 6.28. The van der Waals surface area contributed by atoms with Crippen LogP contribution in [-0.4, -0.2) is 52.9 Å². The number of nitrogens with zero attached hydrogens (tertiary/aromatic N) is 1. The smallest absolute Gasteiger partial charge is 0.332 e. The fourth-order valence-electron chi connectivity index (χ4n) is 2.10. The molecule has 1 aliphatic rings. The molecule has 0 bridgehead atoms. The Labute approximate surface area is 129 Å². The predicted molar refractivity (Wildman–Crippen MR) is 73.5 cm³/mol. The molecular weight excluding hydrogens is 308 g/mol. The van der Waals surface area contributed by atoms with Gasteiger partial charge in [0.25, 0.3) is 11.8 Å². The molecule has 4 amide bonds. The average Bonchev–Trinajstić information content (AvgIpc) is 2.77. The van der Waals surface area contributed by atoms with Crippen molar-refractivity contribution < 1.29 is 33.8 Å². The minimum Gasteiger partial charge on any atom is -0.481 e. The summed E-state index contributed by atoms with van der Waals surface area (Å²) in [7, 11) is 1.02. The number of carbonyl (C=O) groups excluding carboxylic acids is 4. The van der Waals surface area contributed by atoms with Crippen LogP contribution in [0.3, 0.4) is 0 Å². The normalized spacial score (nSPS) is 14.2. The summed E-state index contributed by atoms with van der Waals surface area (Å²) in [6.07, 6.45) is -0.748. The maximum Gasteiger partial charge on any atom is 0.332 e. The second-order valence-corrected chi connectivity index (χ2v) is 4.61. The largest absolute Gasteiger partial charge is 0.481 e. The zero-order valence-corrected chi connectivity index (χ0v) is 11.9. The van der Waals surface area contributed by atoms with E-state index in [-0.39, 0.29) is 11.1 Å². The third kappa shape index (κ3) is 3.03. The van der Waals surface area contributed by atoms with Gasteiger partial charge in [0.1, 0.15) is 6.04 Å². The highest BCUT2D eigenvalue weighted by Crippen LogP contribution is 2.22. The van der Waals surface area contributed by atoms with Gasteiger partial charge in [0.15, 0.2) is 0 Å².